The monoisotopic (exact) mass is 489 g/mol. The number of carbonyl (C=O) groups excluding carboxylic acids is 1. The molecule has 0 radical (unpaired) electrons. The smallest absolute Gasteiger partial charge is 0.257 e. The Morgan fingerprint density at radius 2 is 1.65 bits per heavy atom. The van der Waals surface area contributed by atoms with Gasteiger partial charge in [0, 0.05) is 33.0 Å². The van der Waals surface area contributed by atoms with Crippen LogP contribution in [0.3, 0.4) is 0 Å². The van der Waals surface area contributed by atoms with E-state index in [0.29, 0.717) is 27.7 Å². The predicted molar refractivity (Wildman–Crippen MR) is 137 cm³/mol. The normalized spacial score (nSPS) is 11.1. The number of hydrogen-bond acceptors (Lipinski definition) is 5. The van der Waals surface area contributed by atoms with E-state index in [2.05, 4.69) is 25.6 Å². The van der Waals surface area contributed by atoms with Gasteiger partial charge < -0.3 is 5.32 Å². The summed E-state index contributed by atoms with van der Waals surface area (Å²) in [7, 11) is 0. The molecule has 4 rings (SSSR count). The average Bonchev–Trinajstić information content (AvgIpc) is 2.84. The highest BCUT2D eigenvalue weighted by molar-refractivity contribution is 7.98. The van der Waals surface area contributed by atoms with Crippen LogP contribution in [0.15, 0.2) is 106 Å². The first-order valence-electron chi connectivity index (χ1n) is 10.3. The molecule has 0 unspecified atom stereocenters. The van der Waals surface area contributed by atoms with Crippen molar-refractivity contribution in [3.8, 4) is 0 Å². The second-order valence-corrected chi connectivity index (χ2v) is 8.56. The average molecular weight is 490 g/mol. The summed E-state index contributed by atoms with van der Waals surface area (Å²) in [6.45, 7) is 0. The molecule has 0 aliphatic carbocycles. The number of aromatic amines is 1. The lowest BCUT2D eigenvalue weighted by Crippen LogP contribution is -2.36. The van der Waals surface area contributed by atoms with Gasteiger partial charge in [0.25, 0.3) is 11.5 Å². The second-order valence-electron chi connectivity index (χ2n) is 7.07. The van der Waals surface area contributed by atoms with Crippen molar-refractivity contribution in [2.45, 2.75) is 10.6 Å². The van der Waals surface area contributed by atoms with Crippen molar-refractivity contribution >= 4 is 46.9 Å². The zero-order valence-corrected chi connectivity index (χ0v) is 19.4. The standard InChI is InChI=1S/C25H20ClN5O2S/c26-18-11-13-21(14-12-18)34-16-20-15-22(32)29-24(28-20)31-25(27-19-9-5-2-6-10-19)30-23(33)17-7-3-1-4-8-17/h1-15H,16H2,(H3,27,28,29,30,31,32,33). The first-order valence-corrected chi connectivity index (χ1v) is 11.7. The van der Waals surface area contributed by atoms with Crippen molar-refractivity contribution in [2.75, 3.05) is 5.32 Å². The zero-order chi connectivity index (χ0) is 23.8. The highest BCUT2D eigenvalue weighted by Crippen LogP contribution is 2.23. The SMILES string of the molecule is O=C(NC(=Nc1nc(CSc2ccc(Cl)cc2)cc(=O)[nH]1)Nc1ccccc1)c1ccccc1. The Kier molecular flexibility index (Phi) is 7.75. The zero-order valence-electron chi connectivity index (χ0n) is 17.9. The molecule has 0 atom stereocenters. The van der Waals surface area contributed by atoms with Gasteiger partial charge in [0.15, 0.2) is 0 Å². The molecule has 0 saturated heterocycles. The summed E-state index contributed by atoms with van der Waals surface area (Å²) in [6.07, 6.45) is 0. The van der Waals surface area contributed by atoms with Crippen LogP contribution in [0.1, 0.15) is 16.1 Å². The fraction of sp³-hybridized carbons (Fsp3) is 0.0400. The molecule has 0 aliphatic heterocycles. The van der Waals surface area contributed by atoms with Crippen molar-refractivity contribution in [3.05, 3.63) is 118 Å². The summed E-state index contributed by atoms with van der Waals surface area (Å²) < 4.78 is 0. The summed E-state index contributed by atoms with van der Waals surface area (Å²) >= 11 is 7.46. The molecule has 0 spiro atoms. The minimum Gasteiger partial charge on any atom is -0.326 e. The Bertz CT molecular complexity index is 1340. The van der Waals surface area contributed by atoms with E-state index in [1.165, 1.54) is 17.8 Å². The molecule has 0 bridgehead atoms. The lowest BCUT2D eigenvalue weighted by atomic mass is 10.2. The maximum absolute atomic E-state index is 12.7. The van der Waals surface area contributed by atoms with E-state index in [9.17, 15) is 9.59 Å². The molecule has 3 N–H and O–H groups in total. The fourth-order valence-corrected chi connectivity index (χ4v) is 3.85. The van der Waals surface area contributed by atoms with Crippen LogP contribution in [0.2, 0.25) is 5.02 Å². The molecule has 9 heteroatoms. The van der Waals surface area contributed by atoms with Crippen LogP contribution in [-0.4, -0.2) is 21.8 Å². The third-order valence-electron chi connectivity index (χ3n) is 4.50. The molecule has 1 heterocycles. The van der Waals surface area contributed by atoms with Crippen molar-refractivity contribution in [3.63, 3.8) is 0 Å². The number of rotatable bonds is 6. The number of hydrogen-bond donors (Lipinski definition) is 3. The number of halogens is 1. The molecule has 1 amide bonds. The van der Waals surface area contributed by atoms with Crippen molar-refractivity contribution < 1.29 is 4.79 Å². The maximum atomic E-state index is 12.7. The summed E-state index contributed by atoms with van der Waals surface area (Å²) in [6, 6.07) is 26.9. The summed E-state index contributed by atoms with van der Waals surface area (Å²) in [4.78, 5) is 37.4. The number of aromatic nitrogens is 2. The molecule has 34 heavy (non-hydrogen) atoms. The fourth-order valence-electron chi connectivity index (χ4n) is 2.93. The number of nitrogens with zero attached hydrogens (tertiary/aromatic N) is 2. The molecule has 0 fully saturated rings. The lowest BCUT2D eigenvalue weighted by Gasteiger charge is -2.11. The van der Waals surface area contributed by atoms with Gasteiger partial charge in [0.1, 0.15) is 0 Å². The van der Waals surface area contributed by atoms with Gasteiger partial charge in [0.05, 0.1) is 5.69 Å². The number of benzene rings is 3. The molecule has 4 aromatic rings. The Morgan fingerprint density at radius 3 is 2.35 bits per heavy atom. The van der Waals surface area contributed by atoms with E-state index < -0.39 is 0 Å². The number of aliphatic imine (C=N–C) groups is 1. The van der Waals surface area contributed by atoms with E-state index >= 15 is 0 Å². The van der Waals surface area contributed by atoms with Gasteiger partial charge in [-0.3, -0.25) is 19.9 Å². The van der Waals surface area contributed by atoms with E-state index in [1.54, 1.807) is 24.3 Å². The number of H-pyrrole nitrogens is 1. The number of para-hydroxylation sites is 1. The topological polar surface area (TPSA) is 99.2 Å². The van der Waals surface area contributed by atoms with E-state index in [0.717, 1.165) is 4.90 Å². The predicted octanol–water partition coefficient (Wildman–Crippen LogP) is 5.25. The third-order valence-corrected chi connectivity index (χ3v) is 5.80. The Morgan fingerprint density at radius 1 is 0.971 bits per heavy atom. The van der Waals surface area contributed by atoms with E-state index in [1.807, 2.05) is 60.7 Å². The lowest BCUT2D eigenvalue weighted by molar-refractivity contribution is 0.0977. The molecule has 1 aromatic heterocycles. The van der Waals surface area contributed by atoms with Crippen molar-refractivity contribution in [1.82, 2.24) is 15.3 Å². The van der Waals surface area contributed by atoms with Gasteiger partial charge >= 0.3 is 0 Å². The summed E-state index contributed by atoms with van der Waals surface area (Å²) in [5, 5.41) is 6.48. The third kappa shape index (κ3) is 6.81. The van der Waals surface area contributed by atoms with Crippen LogP contribution < -0.4 is 16.2 Å². The van der Waals surface area contributed by atoms with Gasteiger partial charge in [-0.25, -0.2) is 4.98 Å². The highest BCUT2D eigenvalue weighted by atomic mass is 35.5. The first kappa shape index (κ1) is 23.3. The largest absolute Gasteiger partial charge is 0.326 e. The van der Waals surface area contributed by atoms with Gasteiger partial charge in [-0.2, -0.15) is 4.99 Å². The van der Waals surface area contributed by atoms with E-state index in [-0.39, 0.29) is 23.4 Å². The highest BCUT2D eigenvalue weighted by Gasteiger charge is 2.11. The molecule has 7 nitrogen and oxygen atoms in total. The van der Waals surface area contributed by atoms with Crippen LogP contribution >= 0.6 is 23.4 Å². The van der Waals surface area contributed by atoms with Gasteiger partial charge in [-0.15, -0.1) is 11.8 Å². The van der Waals surface area contributed by atoms with Crippen LogP contribution in [0.25, 0.3) is 0 Å². The number of thioether (sulfide) groups is 1. The number of guanidine groups is 1. The Labute approximate surface area is 205 Å². The minimum atomic E-state index is -0.348. The molecule has 3 aromatic carbocycles. The van der Waals surface area contributed by atoms with Crippen molar-refractivity contribution in [1.29, 1.82) is 0 Å². The van der Waals surface area contributed by atoms with Crippen molar-refractivity contribution in [2.24, 2.45) is 4.99 Å². The Balaban J connectivity index is 1.58. The van der Waals surface area contributed by atoms with Gasteiger partial charge in [-0.1, -0.05) is 48.0 Å². The number of carbonyl (C=O) groups is 1. The van der Waals surface area contributed by atoms with Gasteiger partial charge in [-0.05, 0) is 48.5 Å². The second kappa shape index (κ2) is 11.3. The summed E-state index contributed by atoms with van der Waals surface area (Å²) in [5.74, 6) is 0.322. The maximum Gasteiger partial charge on any atom is 0.257 e. The van der Waals surface area contributed by atoms with Crippen LogP contribution in [-0.2, 0) is 5.75 Å². The number of amides is 1. The summed E-state index contributed by atoms with van der Waals surface area (Å²) in [5.41, 5.74) is 1.40. The molecule has 0 aliphatic rings. The molecular weight excluding hydrogens is 470 g/mol. The van der Waals surface area contributed by atoms with Crippen LogP contribution in [0.4, 0.5) is 11.6 Å². The van der Waals surface area contributed by atoms with E-state index in [4.69, 9.17) is 11.6 Å². The van der Waals surface area contributed by atoms with Gasteiger partial charge in [0.2, 0.25) is 11.9 Å². The molecule has 0 saturated carbocycles. The molecular formula is C25H20ClN5O2S. The van der Waals surface area contributed by atoms with Crippen LogP contribution in [0.5, 0.6) is 0 Å². The molecule has 170 valence electrons. The number of anilines is 1. The first-order chi connectivity index (χ1) is 16.5. The minimum absolute atomic E-state index is 0.0750. The quantitative estimate of drug-likeness (QED) is 0.195. The Hall–Kier alpha value is -3.88. The van der Waals surface area contributed by atoms with Crippen LogP contribution in [0, 0.1) is 0 Å². The number of nitrogens with one attached hydrogen (secondary N) is 3.